The molecule has 1 aliphatic heterocycles. The SMILES string of the molecule is COc1cccc([C@@H]2CN(C(=O)CCc3ccsc3)C[C@H]2C(=O)O)c1. The Balaban J connectivity index is 1.71. The van der Waals surface area contributed by atoms with Gasteiger partial charge in [-0.05, 0) is 46.5 Å². The second-order valence-electron chi connectivity index (χ2n) is 6.26. The molecule has 132 valence electrons. The number of ether oxygens (including phenoxy) is 1. The minimum Gasteiger partial charge on any atom is -0.497 e. The Morgan fingerprint density at radius 1 is 1.32 bits per heavy atom. The summed E-state index contributed by atoms with van der Waals surface area (Å²) in [5.74, 6) is -0.942. The van der Waals surface area contributed by atoms with Gasteiger partial charge in [-0.3, -0.25) is 9.59 Å². The summed E-state index contributed by atoms with van der Waals surface area (Å²) >= 11 is 1.61. The molecule has 1 aromatic carbocycles. The molecule has 1 saturated heterocycles. The number of hydrogen-bond donors (Lipinski definition) is 1. The highest BCUT2D eigenvalue weighted by Crippen LogP contribution is 2.34. The van der Waals surface area contributed by atoms with Crippen LogP contribution in [-0.2, 0) is 16.0 Å². The third-order valence-corrected chi connectivity index (χ3v) is 5.45. The Morgan fingerprint density at radius 2 is 2.16 bits per heavy atom. The van der Waals surface area contributed by atoms with Crippen LogP contribution in [0.25, 0.3) is 0 Å². The molecule has 6 heteroatoms. The summed E-state index contributed by atoms with van der Waals surface area (Å²) in [6.45, 7) is 0.701. The van der Waals surface area contributed by atoms with Gasteiger partial charge in [0.05, 0.1) is 13.0 Å². The number of carboxylic acids is 1. The number of nitrogens with zero attached hydrogens (tertiary/aromatic N) is 1. The minimum absolute atomic E-state index is 0.0165. The Kier molecular flexibility index (Phi) is 5.38. The fourth-order valence-corrected chi connectivity index (χ4v) is 4.02. The van der Waals surface area contributed by atoms with Gasteiger partial charge in [-0.1, -0.05) is 12.1 Å². The van der Waals surface area contributed by atoms with Crippen molar-refractivity contribution >= 4 is 23.2 Å². The van der Waals surface area contributed by atoms with Gasteiger partial charge >= 0.3 is 5.97 Å². The number of aryl methyl sites for hydroxylation is 1. The summed E-state index contributed by atoms with van der Waals surface area (Å²) in [5.41, 5.74) is 2.05. The lowest BCUT2D eigenvalue weighted by atomic mass is 9.89. The maximum absolute atomic E-state index is 12.5. The van der Waals surface area contributed by atoms with Gasteiger partial charge in [-0.2, -0.15) is 11.3 Å². The first kappa shape index (κ1) is 17.5. The van der Waals surface area contributed by atoms with Crippen LogP contribution < -0.4 is 4.74 Å². The summed E-state index contributed by atoms with van der Waals surface area (Å²) in [6.07, 6.45) is 1.11. The van der Waals surface area contributed by atoms with E-state index in [1.165, 1.54) is 0 Å². The van der Waals surface area contributed by atoms with Crippen LogP contribution in [0.5, 0.6) is 5.75 Å². The zero-order valence-electron chi connectivity index (χ0n) is 14.1. The van der Waals surface area contributed by atoms with Gasteiger partial charge in [-0.15, -0.1) is 0 Å². The summed E-state index contributed by atoms with van der Waals surface area (Å²) in [6, 6.07) is 9.47. The first-order valence-electron chi connectivity index (χ1n) is 8.24. The summed E-state index contributed by atoms with van der Waals surface area (Å²) in [5, 5.41) is 13.6. The normalized spacial score (nSPS) is 19.8. The standard InChI is InChI=1S/C19H21NO4S/c1-24-15-4-2-3-14(9-15)16-10-20(11-17(16)19(22)23)18(21)6-5-13-7-8-25-12-13/h2-4,7-9,12,16-17H,5-6,10-11H2,1H3,(H,22,23)/t16-,17+/m0/s1. The fraction of sp³-hybridized carbons (Fsp3) is 0.368. The minimum atomic E-state index is -0.860. The summed E-state index contributed by atoms with van der Waals surface area (Å²) < 4.78 is 5.24. The molecule has 3 rings (SSSR count). The van der Waals surface area contributed by atoms with Gasteiger partial charge in [0.25, 0.3) is 0 Å². The number of hydrogen-bond acceptors (Lipinski definition) is 4. The largest absolute Gasteiger partial charge is 0.497 e. The molecule has 0 spiro atoms. The van der Waals surface area contributed by atoms with Crippen LogP contribution >= 0.6 is 11.3 Å². The maximum Gasteiger partial charge on any atom is 0.308 e. The first-order chi connectivity index (χ1) is 12.1. The highest BCUT2D eigenvalue weighted by atomic mass is 32.1. The lowest BCUT2D eigenvalue weighted by molar-refractivity contribution is -0.141. The zero-order valence-corrected chi connectivity index (χ0v) is 14.9. The molecule has 2 atom stereocenters. The fourth-order valence-electron chi connectivity index (χ4n) is 3.31. The number of carbonyl (C=O) groups excluding carboxylic acids is 1. The van der Waals surface area contributed by atoms with Crippen molar-refractivity contribution in [3.63, 3.8) is 0 Å². The third kappa shape index (κ3) is 4.02. The van der Waals surface area contributed by atoms with Crippen molar-refractivity contribution in [2.75, 3.05) is 20.2 Å². The number of rotatable bonds is 6. The van der Waals surface area contributed by atoms with Crippen LogP contribution in [0.15, 0.2) is 41.1 Å². The van der Waals surface area contributed by atoms with Gasteiger partial charge in [0, 0.05) is 25.4 Å². The Bertz CT molecular complexity index is 744. The van der Waals surface area contributed by atoms with E-state index in [4.69, 9.17) is 4.74 Å². The molecule has 1 aliphatic rings. The third-order valence-electron chi connectivity index (χ3n) is 4.72. The lowest BCUT2D eigenvalue weighted by Gasteiger charge is -2.17. The molecule has 2 heterocycles. The summed E-state index contributed by atoms with van der Waals surface area (Å²) in [7, 11) is 1.59. The lowest BCUT2D eigenvalue weighted by Crippen LogP contribution is -2.30. The van der Waals surface area contributed by atoms with Crippen molar-refractivity contribution in [1.82, 2.24) is 4.90 Å². The Hall–Kier alpha value is -2.34. The molecular weight excluding hydrogens is 338 g/mol. The molecule has 0 aliphatic carbocycles. The molecule has 25 heavy (non-hydrogen) atoms. The van der Waals surface area contributed by atoms with E-state index in [2.05, 4.69) is 0 Å². The average molecular weight is 359 g/mol. The van der Waals surface area contributed by atoms with Gasteiger partial charge in [0.1, 0.15) is 5.75 Å². The van der Waals surface area contributed by atoms with E-state index < -0.39 is 11.9 Å². The molecule has 0 unspecified atom stereocenters. The van der Waals surface area contributed by atoms with Gasteiger partial charge < -0.3 is 14.7 Å². The Morgan fingerprint density at radius 3 is 2.84 bits per heavy atom. The van der Waals surface area contributed by atoms with Crippen molar-refractivity contribution < 1.29 is 19.4 Å². The molecule has 1 aromatic heterocycles. The highest BCUT2D eigenvalue weighted by molar-refractivity contribution is 7.07. The molecule has 2 aromatic rings. The smallest absolute Gasteiger partial charge is 0.308 e. The molecule has 1 N–H and O–H groups in total. The molecule has 1 amide bonds. The second kappa shape index (κ2) is 7.70. The van der Waals surface area contributed by atoms with Crippen molar-refractivity contribution in [2.45, 2.75) is 18.8 Å². The van der Waals surface area contributed by atoms with E-state index >= 15 is 0 Å². The monoisotopic (exact) mass is 359 g/mol. The van der Waals surface area contributed by atoms with Crippen molar-refractivity contribution in [1.29, 1.82) is 0 Å². The van der Waals surface area contributed by atoms with E-state index in [1.807, 2.05) is 41.1 Å². The van der Waals surface area contributed by atoms with Crippen LogP contribution in [0.3, 0.4) is 0 Å². The number of likely N-dealkylation sites (tertiary alicyclic amines) is 1. The second-order valence-corrected chi connectivity index (χ2v) is 7.04. The number of amides is 1. The van der Waals surface area contributed by atoms with E-state index in [1.54, 1.807) is 23.3 Å². The number of benzene rings is 1. The Labute approximate surface area is 150 Å². The number of aliphatic carboxylic acids is 1. The molecule has 0 bridgehead atoms. The van der Waals surface area contributed by atoms with E-state index in [0.717, 1.165) is 11.1 Å². The van der Waals surface area contributed by atoms with E-state index in [0.29, 0.717) is 25.1 Å². The zero-order chi connectivity index (χ0) is 17.8. The van der Waals surface area contributed by atoms with Gasteiger partial charge in [-0.25, -0.2) is 0 Å². The first-order valence-corrected chi connectivity index (χ1v) is 9.18. The number of carboxylic acid groups (broad SMARTS) is 1. The predicted molar refractivity (Wildman–Crippen MR) is 96.1 cm³/mol. The van der Waals surface area contributed by atoms with Crippen LogP contribution in [-0.4, -0.2) is 42.1 Å². The number of methoxy groups -OCH3 is 1. The summed E-state index contributed by atoms with van der Waals surface area (Å²) in [4.78, 5) is 25.9. The molecule has 0 saturated carbocycles. The number of thiophene rings is 1. The number of carbonyl (C=O) groups is 2. The topological polar surface area (TPSA) is 66.8 Å². The van der Waals surface area contributed by atoms with E-state index in [-0.39, 0.29) is 18.4 Å². The van der Waals surface area contributed by atoms with Gasteiger partial charge in [0.2, 0.25) is 5.91 Å². The predicted octanol–water partition coefficient (Wildman–Crippen LogP) is 3.02. The van der Waals surface area contributed by atoms with Crippen LogP contribution in [0, 0.1) is 5.92 Å². The van der Waals surface area contributed by atoms with Crippen molar-refractivity contribution in [3.8, 4) is 5.75 Å². The van der Waals surface area contributed by atoms with Crippen molar-refractivity contribution in [3.05, 3.63) is 52.2 Å². The van der Waals surface area contributed by atoms with Crippen molar-refractivity contribution in [2.24, 2.45) is 5.92 Å². The van der Waals surface area contributed by atoms with E-state index in [9.17, 15) is 14.7 Å². The molecule has 1 fully saturated rings. The highest BCUT2D eigenvalue weighted by Gasteiger charge is 2.40. The van der Waals surface area contributed by atoms with Crippen LogP contribution in [0.1, 0.15) is 23.5 Å². The molecular formula is C19H21NO4S. The average Bonchev–Trinajstić information content (AvgIpc) is 3.29. The maximum atomic E-state index is 12.5. The van der Waals surface area contributed by atoms with Crippen LogP contribution in [0.4, 0.5) is 0 Å². The van der Waals surface area contributed by atoms with Gasteiger partial charge in [0.15, 0.2) is 0 Å². The molecule has 0 radical (unpaired) electrons. The van der Waals surface area contributed by atoms with Crippen LogP contribution in [0.2, 0.25) is 0 Å². The quantitative estimate of drug-likeness (QED) is 0.861. The molecule has 5 nitrogen and oxygen atoms in total.